The Labute approximate surface area is 168 Å². The maximum atomic E-state index is 13.1. The smallest absolute Gasteiger partial charge is 0.262 e. The maximum Gasteiger partial charge on any atom is 0.262 e. The van der Waals surface area contributed by atoms with Crippen molar-refractivity contribution in [1.29, 1.82) is 0 Å². The number of fused-ring (bicyclic) bond motifs is 1. The second-order valence-corrected chi connectivity index (χ2v) is 9.01. The van der Waals surface area contributed by atoms with Gasteiger partial charge < -0.3 is 5.32 Å². The number of hydrogen-bond acceptors (Lipinski definition) is 5. The van der Waals surface area contributed by atoms with Crippen LogP contribution in [0.3, 0.4) is 0 Å². The first-order chi connectivity index (χ1) is 12.7. The number of hydrogen-bond donors (Lipinski definition) is 1. The summed E-state index contributed by atoms with van der Waals surface area (Å²) >= 11 is 8.59. The summed E-state index contributed by atoms with van der Waals surface area (Å²) < 4.78 is 14.6. The van der Waals surface area contributed by atoms with Crippen molar-refractivity contribution in [3.63, 3.8) is 0 Å². The summed E-state index contributed by atoms with van der Waals surface area (Å²) in [6, 6.07) is 3.76. The van der Waals surface area contributed by atoms with E-state index in [4.69, 9.17) is 11.6 Å². The van der Waals surface area contributed by atoms with Gasteiger partial charge in [-0.15, -0.1) is 11.3 Å². The molecule has 0 saturated carbocycles. The zero-order chi connectivity index (χ0) is 19.9. The van der Waals surface area contributed by atoms with Gasteiger partial charge in [-0.3, -0.25) is 14.2 Å². The third-order valence-corrected chi connectivity index (χ3v) is 6.77. The molecule has 0 aliphatic rings. The normalized spacial score (nSPS) is 12.4. The van der Waals surface area contributed by atoms with Crippen LogP contribution in [-0.4, -0.2) is 20.7 Å². The Balaban J connectivity index is 1.85. The van der Waals surface area contributed by atoms with Crippen LogP contribution in [0.15, 0.2) is 28.2 Å². The predicted molar refractivity (Wildman–Crippen MR) is 110 cm³/mol. The highest BCUT2D eigenvalue weighted by atomic mass is 35.5. The van der Waals surface area contributed by atoms with E-state index >= 15 is 0 Å². The van der Waals surface area contributed by atoms with Gasteiger partial charge in [0.1, 0.15) is 10.6 Å². The van der Waals surface area contributed by atoms with Gasteiger partial charge in [0.25, 0.3) is 5.56 Å². The van der Waals surface area contributed by atoms with Gasteiger partial charge >= 0.3 is 0 Å². The van der Waals surface area contributed by atoms with Gasteiger partial charge in [-0.1, -0.05) is 23.4 Å². The fourth-order valence-corrected chi connectivity index (χ4v) is 4.66. The second kappa shape index (κ2) is 7.61. The standard InChI is InChI=1S/C18H17ClFN3O2S2/c1-8-9(2)26-16-14(8)17(25)23(4)18(22-16)27-10(3)15(24)21-13-6-5-11(20)7-12(13)19/h5-7,10H,1-4H3,(H,21,24). The van der Waals surface area contributed by atoms with E-state index in [0.717, 1.165) is 16.5 Å². The Morgan fingerprint density at radius 3 is 2.78 bits per heavy atom. The van der Waals surface area contributed by atoms with E-state index in [2.05, 4.69) is 10.3 Å². The summed E-state index contributed by atoms with van der Waals surface area (Å²) in [5, 5.41) is 3.34. The molecule has 5 nitrogen and oxygen atoms in total. The molecule has 1 unspecified atom stereocenters. The molecule has 2 heterocycles. The average molecular weight is 426 g/mol. The number of thioether (sulfide) groups is 1. The first-order valence-corrected chi connectivity index (χ1v) is 10.2. The van der Waals surface area contributed by atoms with Crippen LogP contribution in [-0.2, 0) is 11.8 Å². The monoisotopic (exact) mass is 425 g/mol. The molecule has 0 radical (unpaired) electrons. The lowest BCUT2D eigenvalue weighted by atomic mass is 10.2. The Hall–Kier alpha value is -1.90. The van der Waals surface area contributed by atoms with Gasteiger partial charge in [-0.25, -0.2) is 9.37 Å². The van der Waals surface area contributed by atoms with E-state index in [0.29, 0.717) is 21.1 Å². The van der Waals surface area contributed by atoms with Crippen LogP contribution < -0.4 is 10.9 Å². The van der Waals surface area contributed by atoms with Crippen molar-refractivity contribution < 1.29 is 9.18 Å². The molecule has 0 aliphatic heterocycles. The fourth-order valence-electron chi connectivity index (χ4n) is 2.50. The lowest BCUT2D eigenvalue weighted by Crippen LogP contribution is -2.25. The fraction of sp³-hybridized carbons (Fsp3) is 0.278. The number of thiophene rings is 1. The van der Waals surface area contributed by atoms with Crippen molar-refractivity contribution in [3.05, 3.63) is 49.8 Å². The molecule has 9 heteroatoms. The lowest BCUT2D eigenvalue weighted by Gasteiger charge is -2.14. The highest BCUT2D eigenvalue weighted by molar-refractivity contribution is 8.00. The van der Waals surface area contributed by atoms with Crippen molar-refractivity contribution in [2.45, 2.75) is 31.2 Å². The Morgan fingerprint density at radius 2 is 2.11 bits per heavy atom. The number of nitrogens with zero attached hydrogens (tertiary/aromatic N) is 2. The SMILES string of the molecule is Cc1sc2nc(SC(C)C(=O)Nc3ccc(F)cc3Cl)n(C)c(=O)c2c1C. The molecule has 0 saturated heterocycles. The Kier molecular flexibility index (Phi) is 5.60. The van der Waals surface area contributed by atoms with Gasteiger partial charge in [0, 0.05) is 11.9 Å². The van der Waals surface area contributed by atoms with Gasteiger partial charge in [0.05, 0.1) is 21.3 Å². The first-order valence-electron chi connectivity index (χ1n) is 8.08. The average Bonchev–Trinajstić information content (AvgIpc) is 2.89. The summed E-state index contributed by atoms with van der Waals surface area (Å²) in [6.07, 6.45) is 0. The van der Waals surface area contributed by atoms with Crippen LogP contribution in [0.1, 0.15) is 17.4 Å². The van der Waals surface area contributed by atoms with Crippen molar-refractivity contribution in [2.24, 2.45) is 7.05 Å². The van der Waals surface area contributed by atoms with E-state index in [-0.39, 0.29) is 16.5 Å². The Morgan fingerprint density at radius 1 is 1.41 bits per heavy atom. The first kappa shape index (κ1) is 19.9. The van der Waals surface area contributed by atoms with Crippen LogP contribution >= 0.6 is 34.7 Å². The van der Waals surface area contributed by atoms with Crippen LogP contribution in [0.4, 0.5) is 10.1 Å². The molecule has 3 aromatic rings. The molecule has 1 amide bonds. The van der Waals surface area contributed by atoms with Crippen molar-refractivity contribution >= 4 is 56.5 Å². The zero-order valence-corrected chi connectivity index (χ0v) is 17.5. The summed E-state index contributed by atoms with van der Waals surface area (Å²) in [5.41, 5.74) is 1.15. The van der Waals surface area contributed by atoms with Crippen LogP contribution in [0.2, 0.25) is 5.02 Å². The van der Waals surface area contributed by atoms with Gasteiger partial charge in [-0.2, -0.15) is 0 Å². The molecule has 1 N–H and O–H groups in total. The minimum Gasteiger partial charge on any atom is -0.324 e. The quantitative estimate of drug-likeness (QED) is 0.493. The highest BCUT2D eigenvalue weighted by Gasteiger charge is 2.21. The zero-order valence-electron chi connectivity index (χ0n) is 15.1. The third kappa shape index (κ3) is 3.88. The summed E-state index contributed by atoms with van der Waals surface area (Å²) in [5.74, 6) is -0.796. The lowest BCUT2D eigenvalue weighted by molar-refractivity contribution is -0.115. The highest BCUT2D eigenvalue weighted by Crippen LogP contribution is 2.30. The second-order valence-electron chi connectivity index (χ2n) is 6.10. The van der Waals surface area contributed by atoms with Crippen LogP contribution in [0.25, 0.3) is 10.2 Å². The number of carbonyl (C=O) groups is 1. The molecule has 1 aromatic carbocycles. The maximum absolute atomic E-state index is 13.1. The van der Waals surface area contributed by atoms with Crippen molar-refractivity contribution in [1.82, 2.24) is 9.55 Å². The number of anilines is 1. The molecule has 0 bridgehead atoms. The number of carbonyl (C=O) groups excluding carboxylic acids is 1. The van der Waals surface area contributed by atoms with E-state index in [9.17, 15) is 14.0 Å². The number of aromatic nitrogens is 2. The predicted octanol–water partition coefficient (Wildman–Crippen LogP) is 4.52. The Bertz CT molecular complexity index is 1110. The largest absolute Gasteiger partial charge is 0.324 e. The number of halogens is 2. The third-order valence-electron chi connectivity index (χ3n) is 4.21. The minimum atomic E-state index is -0.538. The number of rotatable bonds is 4. The van der Waals surface area contributed by atoms with Gasteiger partial charge in [0.15, 0.2) is 5.16 Å². The van der Waals surface area contributed by atoms with E-state index in [1.807, 2.05) is 13.8 Å². The molecule has 3 rings (SSSR count). The summed E-state index contributed by atoms with van der Waals surface area (Å²) in [7, 11) is 1.64. The number of benzene rings is 1. The molecule has 0 fully saturated rings. The minimum absolute atomic E-state index is 0.122. The number of amides is 1. The van der Waals surface area contributed by atoms with Crippen LogP contribution in [0, 0.1) is 19.7 Å². The van der Waals surface area contributed by atoms with Crippen molar-refractivity contribution in [2.75, 3.05) is 5.32 Å². The molecule has 0 spiro atoms. The molecular weight excluding hydrogens is 409 g/mol. The topological polar surface area (TPSA) is 64.0 Å². The number of nitrogens with one attached hydrogen (secondary N) is 1. The van der Waals surface area contributed by atoms with Gasteiger partial charge in [-0.05, 0) is 44.5 Å². The van der Waals surface area contributed by atoms with Gasteiger partial charge in [0.2, 0.25) is 5.91 Å². The molecule has 2 aromatic heterocycles. The summed E-state index contributed by atoms with van der Waals surface area (Å²) in [6.45, 7) is 5.57. The van der Waals surface area contributed by atoms with E-state index in [1.165, 1.54) is 39.8 Å². The molecule has 0 aliphatic carbocycles. The molecular formula is C18H17ClFN3O2S2. The molecule has 1 atom stereocenters. The number of aryl methyl sites for hydroxylation is 2. The van der Waals surface area contributed by atoms with E-state index < -0.39 is 11.1 Å². The van der Waals surface area contributed by atoms with Crippen molar-refractivity contribution in [3.8, 4) is 0 Å². The summed E-state index contributed by atoms with van der Waals surface area (Å²) in [4.78, 5) is 31.4. The molecule has 142 valence electrons. The molecule has 27 heavy (non-hydrogen) atoms. The van der Waals surface area contributed by atoms with Crippen LogP contribution in [0.5, 0.6) is 0 Å². The van der Waals surface area contributed by atoms with E-state index in [1.54, 1.807) is 14.0 Å².